The van der Waals surface area contributed by atoms with Crippen molar-refractivity contribution in [2.75, 3.05) is 29.5 Å². The summed E-state index contributed by atoms with van der Waals surface area (Å²) in [7, 11) is -1.82. The van der Waals surface area contributed by atoms with E-state index in [1.165, 1.54) is 22.7 Å². The fourth-order valence-electron chi connectivity index (χ4n) is 2.48. The van der Waals surface area contributed by atoms with E-state index in [1.54, 1.807) is 42.6 Å². The van der Waals surface area contributed by atoms with Gasteiger partial charge in [0.1, 0.15) is 5.56 Å². The van der Waals surface area contributed by atoms with E-state index in [1.807, 2.05) is 12.3 Å². The lowest BCUT2D eigenvalue weighted by atomic mass is 10.1. The molecular weight excluding hydrogens is 412 g/mol. The number of hydrogen-bond acceptors (Lipinski definition) is 7. The maximum atomic E-state index is 12.5. The Kier molecular flexibility index (Phi) is 6.14. The molecule has 3 aromatic rings. The number of pyridine rings is 1. The molecular formula is C19H20N4O4S2. The minimum absolute atomic E-state index is 0.273. The van der Waals surface area contributed by atoms with Crippen molar-refractivity contribution < 1.29 is 17.9 Å². The second-order valence-corrected chi connectivity index (χ2v) is 8.93. The van der Waals surface area contributed by atoms with Gasteiger partial charge in [-0.25, -0.2) is 18.4 Å². The van der Waals surface area contributed by atoms with Crippen molar-refractivity contribution in [2.24, 2.45) is 0 Å². The second kappa shape index (κ2) is 8.58. The molecule has 0 unspecified atom stereocenters. The van der Waals surface area contributed by atoms with E-state index in [0.29, 0.717) is 28.7 Å². The van der Waals surface area contributed by atoms with Crippen molar-refractivity contribution in [1.82, 2.24) is 9.97 Å². The van der Waals surface area contributed by atoms with Gasteiger partial charge in [0, 0.05) is 24.2 Å². The van der Waals surface area contributed by atoms with Gasteiger partial charge < -0.3 is 4.74 Å². The summed E-state index contributed by atoms with van der Waals surface area (Å²) < 4.78 is 29.9. The molecule has 1 amide bonds. The fourth-order valence-corrected chi connectivity index (χ4v) is 3.70. The molecule has 3 rings (SSSR count). The van der Waals surface area contributed by atoms with Gasteiger partial charge in [-0.3, -0.25) is 14.4 Å². The molecule has 29 heavy (non-hydrogen) atoms. The number of hydrogen-bond donors (Lipinski definition) is 1. The first-order valence-electron chi connectivity index (χ1n) is 8.68. The summed E-state index contributed by atoms with van der Waals surface area (Å²) in [5.41, 5.74) is 2.37. The van der Waals surface area contributed by atoms with Crippen LogP contribution in [0.1, 0.15) is 17.3 Å². The molecule has 8 nitrogen and oxygen atoms in total. The smallest absolute Gasteiger partial charge is 0.262 e. The number of anilines is 2. The molecule has 2 heterocycles. The van der Waals surface area contributed by atoms with Gasteiger partial charge in [0.25, 0.3) is 5.91 Å². The van der Waals surface area contributed by atoms with Crippen molar-refractivity contribution in [3.05, 3.63) is 53.5 Å². The molecule has 1 N–H and O–H groups in total. The molecule has 0 aliphatic carbocycles. The average Bonchev–Trinajstić information content (AvgIpc) is 3.16. The Balaban J connectivity index is 1.75. The summed E-state index contributed by atoms with van der Waals surface area (Å²) in [6.07, 6.45) is 2.71. The lowest BCUT2D eigenvalue weighted by Gasteiger charge is -2.16. The van der Waals surface area contributed by atoms with Crippen molar-refractivity contribution >= 4 is 38.1 Å². The number of rotatable bonds is 7. The molecule has 0 aliphatic heterocycles. The average molecular weight is 433 g/mol. The predicted octanol–water partition coefficient (Wildman–Crippen LogP) is 3.25. The van der Waals surface area contributed by atoms with Crippen LogP contribution in [0.2, 0.25) is 0 Å². The van der Waals surface area contributed by atoms with E-state index in [-0.39, 0.29) is 11.8 Å². The van der Waals surface area contributed by atoms with E-state index < -0.39 is 10.0 Å². The summed E-state index contributed by atoms with van der Waals surface area (Å²) >= 11 is 1.29. The third kappa shape index (κ3) is 4.90. The van der Waals surface area contributed by atoms with E-state index in [2.05, 4.69) is 15.3 Å². The van der Waals surface area contributed by atoms with Gasteiger partial charge in [0.05, 0.1) is 24.2 Å². The van der Waals surface area contributed by atoms with E-state index in [9.17, 15) is 13.2 Å². The van der Waals surface area contributed by atoms with Crippen LogP contribution in [-0.4, -0.2) is 44.2 Å². The number of sulfonamides is 1. The summed E-state index contributed by atoms with van der Waals surface area (Å²) in [6.45, 7) is 2.23. The largest absolute Gasteiger partial charge is 0.477 e. The number of carbonyl (C=O) groups excluding carboxylic acids is 1. The van der Waals surface area contributed by atoms with E-state index >= 15 is 0 Å². The SMILES string of the molecule is CCOc1ncccc1C(=O)Nc1nc(-c2ccc(N(C)S(C)(=O)=O)cc2)cs1. The molecule has 0 atom stereocenters. The molecule has 0 bridgehead atoms. The first-order chi connectivity index (χ1) is 13.8. The maximum Gasteiger partial charge on any atom is 0.262 e. The highest BCUT2D eigenvalue weighted by Gasteiger charge is 2.16. The van der Waals surface area contributed by atoms with E-state index in [4.69, 9.17) is 4.74 Å². The predicted molar refractivity (Wildman–Crippen MR) is 114 cm³/mol. The van der Waals surface area contributed by atoms with Crippen LogP contribution in [0.5, 0.6) is 5.88 Å². The highest BCUT2D eigenvalue weighted by atomic mass is 32.2. The Bertz CT molecular complexity index is 1110. The summed E-state index contributed by atoms with van der Waals surface area (Å²) in [4.78, 5) is 21.1. The van der Waals surface area contributed by atoms with Gasteiger partial charge in [-0.15, -0.1) is 11.3 Å². The normalized spacial score (nSPS) is 11.1. The Morgan fingerprint density at radius 1 is 1.24 bits per heavy atom. The highest BCUT2D eigenvalue weighted by Crippen LogP contribution is 2.28. The third-order valence-corrected chi connectivity index (χ3v) is 6.01. The topological polar surface area (TPSA) is 101 Å². The summed E-state index contributed by atoms with van der Waals surface area (Å²) in [5, 5.41) is 5.01. The van der Waals surface area contributed by atoms with Crippen molar-refractivity contribution in [3.63, 3.8) is 0 Å². The molecule has 0 spiro atoms. The lowest BCUT2D eigenvalue weighted by molar-refractivity contribution is 0.102. The first kappa shape index (κ1) is 20.7. The van der Waals surface area contributed by atoms with Crippen LogP contribution in [-0.2, 0) is 10.0 Å². The minimum atomic E-state index is -3.32. The minimum Gasteiger partial charge on any atom is -0.477 e. The number of benzene rings is 1. The molecule has 1 aromatic carbocycles. The highest BCUT2D eigenvalue weighted by molar-refractivity contribution is 7.92. The molecule has 0 saturated carbocycles. The quantitative estimate of drug-likeness (QED) is 0.615. The zero-order chi connectivity index (χ0) is 21.0. The van der Waals surface area contributed by atoms with Gasteiger partial charge in [0.15, 0.2) is 5.13 Å². The Hall–Kier alpha value is -2.98. The molecule has 0 fully saturated rings. The van der Waals surface area contributed by atoms with Gasteiger partial charge in [-0.1, -0.05) is 12.1 Å². The summed E-state index contributed by atoms with van der Waals surface area (Å²) in [6, 6.07) is 10.3. The molecule has 0 saturated heterocycles. The first-order valence-corrected chi connectivity index (χ1v) is 11.4. The van der Waals surface area contributed by atoms with Gasteiger partial charge >= 0.3 is 0 Å². The van der Waals surface area contributed by atoms with Crippen LogP contribution in [0.25, 0.3) is 11.3 Å². The molecule has 0 radical (unpaired) electrons. The van der Waals surface area contributed by atoms with Gasteiger partial charge in [-0.05, 0) is 31.2 Å². The lowest BCUT2D eigenvalue weighted by Crippen LogP contribution is -2.24. The molecule has 152 valence electrons. The maximum absolute atomic E-state index is 12.5. The number of aromatic nitrogens is 2. The van der Waals surface area contributed by atoms with Gasteiger partial charge in [-0.2, -0.15) is 0 Å². The standard InChI is InChI=1S/C19H20N4O4S2/c1-4-27-18-15(6-5-11-20-18)17(24)22-19-21-16(12-28-19)13-7-9-14(10-8-13)23(2)29(3,25)26/h5-12H,4H2,1-3H3,(H,21,22,24). The van der Waals surface area contributed by atoms with Crippen LogP contribution < -0.4 is 14.4 Å². The van der Waals surface area contributed by atoms with Crippen molar-refractivity contribution in [1.29, 1.82) is 0 Å². The van der Waals surface area contributed by atoms with Crippen molar-refractivity contribution in [3.8, 4) is 17.1 Å². The van der Waals surface area contributed by atoms with E-state index in [0.717, 1.165) is 11.8 Å². The molecule has 0 aliphatic rings. The molecule has 10 heteroatoms. The number of amides is 1. The fraction of sp³-hybridized carbons (Fsp3) is 0.211. The number of ether oxygens (including phenoxy) is 1. The molecule has 2 aromatic heterocycles. The Morgan fingerprint density at radius 2 is 1.97 bits per heavy atom. The third-order valence-electron chi connectivity index (χ3n) is 4.05. The number of carbonyl (C=O) groups is 1. The van der Waals surface area contributed by atoms with Crippen LogP contribution in [0.3, 0.4) is 0 Å². The van der Waals surface area contributed by atoms with Crippen LogP contribution in [0.15, 0.2) is 48.0 Å². The zero-order valence-corrected chi connectivity index (χ0v) is 17.8. The number of thiazole rings is 1. The monoisotopic (exact) mass is 432 g/mol. The summed E-state index contributed by atoms with van der Waals surface area (Å²) in [5.74, 6) is -0.0811. The number of nitrogens with zero attached hydrogens (tertiary/aromatic N) is 3. The van der Waals surface area contributed by atoms with Crippen LogP contribution in [0, 0.1) is 0 Å². The Labute approximate surface area is 173 Å². The zero-order valence-electron chi connectivity index (χ0n) is 16.1. The van der Waals surface area contributed by atoms with Crippen LogP contribution >= 0.6 is 11.3 Å². The van der Waals surface area contributed by atoms with Crippen LogP contribution in [0.4, 0.5) is 10.8 Å². The van der Waals surface area contributed by atoms with Gasteiger partial charge in [0.2, 0.25) is 15.9 Å². The Morgan fingerprint density at radius 3 is 2.62 bits per heavy atom. The van der Waals surface area contributed by atoms with Crippen molar-refractivity contribution in [2.45, 2.75) is 6.92 Å². The second-order valence-electron chi connectivity index (χ2n) is 6.06. The number of nitrogens with one attached hydrogen (secondary N) is 1.